The molecule has 0 saturated carbocycles. The lowest BCUT2D eigenvalue weighted by Crippen LogP contribution is -3.13. The summed E-state index contributed by atoms with van der Waals surface area (Å²) in [6, 6.07) is 4.72. The number of likely N-dealkylation sites (tertiary alicyclic amines) is 1. The maximum Gasteiger partial charge on any atom is 0.338 e. The van der Waals surface area contributed by atoms with E-state index in [9.17, 15) is 19.7 Å². The molecule has 9 nitrogen and oxygen atoms in total. The number of hydrogen-bond acceptors (Lipinski definition) is 5. The largest absolute Gasteiger partial charge is 0.463 e. The molecule has 0 aromatic heterocycles. The topological polar surface area (TPSA) is 115 Å². The zero-order valence-corrected chi connectivity index (χ0v) is 15.8. The van der Waals surface area contributed by atoms with Crippen LogP contribution in [0.2, 0.25) is 0 Å². The molecule has 150 valence electrons. The molecule has 2 aliphatic heterocycles. The molecule has 1 saturated heterocycles. The summed E-state index contributed by atoms with van der Waals surface area (Å²) in [5.74, 6) is -0.530. The number of nitro benzene ring substituents is 1. The number of ether oxygens (including phenoxy) is 1. The van der Waals surface area contributed by atoms with Crippen molar-refractivity contribution in [2.45, 2.75) is 32.2 Å². The van der Waals surface area contributed by atoms with Gasteiger partial charge in [-0.2, -0.15) is 0 Å². The zero-order chi connectivity index (χ0) is 20.1. The van der Waals surface area contributed by atoms with E-state index in [1.165, 1.54) is 23.5 Å². The predicted octanol–water partition coefficient (Wildman–Crippen LogP) is 0.835. The molecule has 2 aliphatic rings. The van der Waals surface area contributed by atoms with Gasteiger partial charge in [-0.15, -0.1) is 0 Å². The third-order valence-electron chi connectivity index (χ3n) is 5.05. The average Bonchev–Trinajstić information content (AvgIpc) is 2.68. The fraction of sp³-hybridized carbons (Fsp3) is 0.474. The highest BCUT2D eigenvalue weighted by atomic mass is 16.6. The van der Waals surface area contributed by atoms with Crippen LogP contribution in [0.1, 0.15) is 37.8 Å². The van der Waals surface area contributed by atoms with Crippen LogP contribution in [0.4, 0.5) is 10.5 Å². The van der Waals surface area contributed by atoms with Crippen molar-refractivity contribution in [2.24, 2.45) is 0 Å². The van der Waals surface area contributed by atoms with E-state index in [0.717, 1.165) is 25.9 Å². The number of esters is 1. The first-order valence-electron chi connectivity index (χ1n) is 9.55. The lowest BCUT2D eigenvalue weighted by molar-refractivity contribution is -0.900. The lowest BCUT2D eigenvalue weighted by atomic mass is 9.94. The number of hydrogen-bond donors (Lipinski definition) is 3. The molecule has 1 aromatic carbocycles. The van der Waals surface area contributed by atoms with Gasteiger partial charge in [-0.3, -0.25) is 10.1 Å². The van der Waals surface area contributed by atoms with E-state index < -0.39 is 23.0 Å². The van der Waals surface area contributed by atoms with Crippen LogP contribution in [0, 0.1) is 10.1 Å². The molecule has 2 amide bonds. The number of benzene rings is 1. The van der Waals surface area contributed by atoms with Gasteiger partial charge >= 0.3 is 12.0 Å². The van der Waals surface area contributed by atoms with E-state index in [-0.39, 0.29) is 12.3 Å². The van der Waals surface area contributed by atoms with Crippen molar-refractivity contribution >= 4 is 17.7 Å². The SMILES string of the molecule is CCOC(=O)C1=C(C[NH+]2CCCCC2)NC(=O)N[C@@H]1c1cccc([N+](=O)[O-])c1. The Morgan fingerprint density at radius 3 is 2.75 bits per heavy atom. The van der Waals surface area contributed by atoms with Crippen molar-refractivity contribution in [2.75, 3.05) is 26.2 Å². The molecule has 0 aliphatic carbocycles. The second-order valence-corrected chi connectivity index (χ2v) is 6.98. The number of non-ortho nitro benzene ring substituents is 1. The number of quaternary nitrogens is 1. The minimum atomic E-state index is -0.799. The number of nitrogens with zero attached hydrogens (tertiary/aromatic N) is 1. The van der Waals surface area contributed by atoms with Crippen LogP contribution >= 0.6 is 0 Å². The van der Waals surface area contributed by atoms with E-state index in [1.807, 2.05) is 0 Å². The Hall–Kier alpha value is -2.94. The van der Waals surface area contributed by atoms with Gasteiger partial charge < -0.3 is 20.3 Å². The highest BCUT2D eigenvalue weighted by Crippen LogP contribution is 2.29. The van der Waals surface area contributed by atoms with E-state index >= 15 is 0 Å². The summed E-state index contributed by atoms with van der Waals surface area (Å²) in [5, 5.41) is 16.6. The van der Waals surface area contributed by atoms with Crippen LogP contribution in [0.25, 0.3) is 0 Å². The number of amides is 2. The van der Waals surface area contributed by atoms with Gasteiger partial charge in [-0.25, -0.2) is 9.59 Å². The van der Waals surface area contributed by atoms with E-state index in [1.54, 1.807) is 19.1 Å². The van der Waals surface area contributed by atoms with Crippen molar-refractivity contribution < 1.29 is 24.1 Å². The number of rotatable bonds is 6. The Bertz CT molecular complexity index is 801. The van der Waals surface area contributed by atoms with Gasteiger partial charge in [-0.1, -0.05) is 12.1 Å². The molecule has 3 N–H and O–H groups in total. The smallest absolute Gasteiger partial charge is 0.338 e. The highest BCUT2D eigenvalue weighted by Gasteiger charge is 2.36. The Balaban J connectivity index is 2.01. The van der Waals surface area contributed by atoms with Gasteiger partial charge in [0.2, 0.25) is 0 Å². The quantitative estimate of drug-likeness (QED) is 0.379. The standard InChI is InChI=1S/C19H24N4O5/c1-2-28-18(24)16-15(12-22-9-4-3-5-10-22)20-19(25)21-17(16)13-7-6-8-14(11-13)23(26)27/h6-8,11,17H,2-5,9-10,12H2,1H3,(H2,20,21,25)/p+1/t17-/m1/s1. The van der Waals surface area contributed by atoms with Crippen molar-refractivity contribution in [3.63, 3.8) is 0 Å². The molecule has 1 aromatic rings. The molecule has 0 bridgehead atoms. The van der Waals surface area contributed by atoms with Crippen LogP contribution in [-0.4, -0.2) is 43.2 Å². The van der Waals surface area contributed by atoms with Crippen LogP contribution in [0.3, 0.4) is 0 Å². The normalized spacial score (nSPS) is 20.3. The molecular formula is C19H25N4O5+. The van der Waals surface area contributed by atoms with Crippen molar-refractivity contribution in [3.05, 3.63) is 51.2 Å². The second kappa shape index (κ2) is 8.83. The van der Waals surface area contributed by atoms with Crippen LogP contribution in [-0.2, 0) is 9.53 Å². The van der Waals surface area contributed by atoms with Crippen molar-refractivity contribution in [1.82, 2.24) is 10.6 Å². The van der Waals surface area contributed by atoms with Crippen molar-refractivity contribution in [3.8, 4) is 0 Å². The molecule has 28 heavy (non-hydrogen) atoms. The molecular weight excluding hydrogens is 364 g/mol. The summed E-state index contributed by atoms with van der Waals surface area (Å²) in [7, 11) is 0. The van der Waals surface area contributed by atoms with Gasteiger partial charge in [0, 0.05) is 12.1 Å². The maximum atomic E-state index is 12.7. The fourth-order valence-electron chi connectivity index (χ4n) is 3.75. The van der Waals surface area contributed by atoms with Gasteiger partial charge in [-0.05, 0) is 31.7 Å². The monoisotopic (exact) mass is 389 g/mol. The molecule has 0 unspecified atom stereocenters. The summed E-state index contributed by atoms with van der Waals surface area (Å²) in [4.78, 5) is 37.0. The molecule has 3 rings (SSSR count). The van der Waals surface area contributed by atoms with Crippen molar-refractivity contribution in [1.29, 1.82) is 0 Å². The molecule has 2 heterocycles. The predicted molar refractivity (Wildman–Crippen MR) is 101 cm³/mol. The van der Waals surface area contributed by atoms with E-state index in [2.05, 4.69) is 10.6 Å². The van der Waals surface area contributed by atoms with Gasteiger partial charge in [0.15, 0.2) is 0 Å². The molecule has 9 heteroatoms. The third kappa shape index (κ3) is 4.48. The number of piperidine rings is 1. The Labute approximate surface area is 162 Å². The molecule has 0 radical (unpaired) electrons. The third-order valence-corrected chi connectivity index (χ3v) is 5.05. The lowest BCUT2D eigenvalue weighted by Gasteiger charge is -2.31. The Morgan fingerprint density at radius 2 is 2.07 bits per heavy atom. The Morgan fingerprint density at radius 1 is 1.32 bits per heavy atom. The summed E-state index contributed by atoms with van der Waals surface area (Å²) in [6.45, 7) is 4.37. The van der Waals surface area contributed by atoms with Gasteiger partial charge in [0.25, 0.3) is 5.69 Å². The first kappa shape index (κ1) is 19.8. The van der Waals surface area contributed by atoms with E-state index in [4.69, 9.17) is 4.74 Å². The first-order chi connectivity index (χ1) is 13.5. The fourth-order valence-corrected chi connectivity index (χ4v) is 3.75. The molecule has 0 spiro atoms. The average molecular weight is 389 g/mol. The zero-order valence-electron chi connectivity index (χ0n) is 15.8. The summed E-state index contributed by atoms with van der Waals surface area (Å²) in [6.07, 6.45) is 3.41. The van der Waals surface area contributed by atoms with Gasteiger partial charge in [0.05, 0.1) is 41.9 Å². The number of nitrogens with one attached hydrogen (secondary N) is 3. The molecule has 1 fully saturated rings. The number of urea groups is 1. The minimum absolute atomic E-state index is 0.100. The summed E-state index contributed by atoms with van der Waals surface area (Å²) < 4.78 is 5.23. The molecule has 1 atom stereocenters. The number of nitro groups is 1. The minimum Gasteiger partial charge on any atom is -0.463 e. The maximum absolute atomic E-state index is 12.7. The van der Waals surface area contributed by atoms with Crippen LogP contribution in [0.5, 0.6) is 0 Å². The van der Waals surface area contributed by atoms with E-state index in [0.29, 0.717) is 23.4 Å². The summed E-state index contributed by atoms with van der Waals surface area (Å²) in [5.41, 5.74) is 1.20. The Kier molecular flexibility index (Phi) is 6.25. The summed E-state index contributed by atoms with van der Waals surface area (Å²) >= 11 is 0. The highest BCUT2D eigenvalue weighted by molar-refractivity contribution is 5.95. The second-order valence-electron chi connectivity index (χ2n) is 6.98. The number of carbonyl (C=O) groups excluding carboxylic acids is 2. The van der Waals surface area contributed by atoms with Crippen LogP contribution < -0.4 is 15.5 Å². The number of carbonyl (C=O) groups is 2. The first-order valence-corrected chi connectivity index (χ1v) is 9.55. The van der Waals surface area contributed by atoms with Gasteiger partial charge in [0.1, 0.15) is 6.54 Å². The van der Waals surface area contributed by atoms with Crippen LogP contribution in [0.15, 0.2) is 35.5 Å².